The Morgan fingerprint density at radius 1 is 1.12 bits per heavy atom. The topological polar surface area (TPSA) is 37.8 Å². The molecule has 0 saturated heterocycles. The summed E-state index contributed by atoms with van der Waals surface area (Å²) in [5.74, 6) is 0. The minimum Gasteiger partial charge on any atom is -0.379 e. The molecular weight excluding hydrogens is 210 g/mol. The van der Waals surface area contributed by atoms with Crippen LogP contribution in [0.3, 0.4) is 0 Å². The van der Waals surface area contributed by atoms with Crippen LogP contribution in [0.5, 0.6) is 0 Å². The number of nitrogens with zero attached hydrogens (tertiary/aromatic N) is 2. The second kappa shape index (κ2) is 5.99. The lowest BCUT2D eigenvalue weighted by atomic mass is 10.0. The molecule has 1 aromatic carbocycles. The van der Waals surface area contributed by atoms with Crippen molar-refractivity contribution < 1.29 is 0 Å². The lowest BCUT2D eigenvalue weighted by Gasteiger charge is -2.17. The maximum Gasteiger partial charge on any atom is 0.115 e. The van der Waals surface area contributed by atoms with E-state index in [1.165, 1.54) is 5.56 Å². The molecule has 0 amide bonds. The minimum absolute atomic E-state index is 0.420. The Kier molecular flexibility index (Phi) is 4.08. The first-order chi connectivity index (χ1) is 8.38. The summed E-state index contributed by atoms with van der Waals surface area (Å²) < 4.78 is 0. The van der Waals surface area contributed by atoms with E-state index in [4.69, 9.17) is 0 Å². The van der Waals surface area contributed by atoms with Gasteiger partial charge in [-0.25, -0.2) is 9.97 Å². The summed E-state index contributed by atoms with van der Waals surface area (Å²) in [6, 6.07) is 10.9. The van der Waals surface area contributed by atoms with E-state index in [0.29, 0.717) is 6.04 Å². The SMILES string of the molecule is CCC(Cc1ccccc1)Nc1cncnc1. The Bertz CT molecular complexity index is 386. The molecule has 1 heterocycles. The van der Waals surface area contributed by atoms with Crippen molar-refractivity contribution in [1.29, 1.82) is 0 Å². The number of aromatic nitrogens is 2. The van der Waals surface area contributed by atoms with Crippen LogP contribution in [0.1, 0.15) is 18.9 Å². The number of benzene rings is 1. The van der Waals surface area contributed by atoms with E-state index in [1.54, 1.807) is 18.7 Å². The molecule has 0 saturated carbocycles. The van der Waals surface area contributed by atoms with Gasteiger partial charge in [0.2, 0.25) is 0 Å². The molecule has 17 heavy (non-hydrogen) atoms. The van der Waals surface area contributed by atoms with Gasteiger partial charge in [-0.15, -0.1) is 0 Å². The first-order valence-electron chi connectivity index (χ1n) is 5.94. The fourth-order valence-electron chi connectivity index (χ4n) is 1.81. The molecule has 0 aliphatic rings. The van der Waals surface area contributed by atoms with Gasteiger partial charge in [0.1, 0.15) is 6.33 Å². The van der Waals surface area contributed by atoms with Crippen molar-refractivity contribution in [3.8, 4) is 0 Å². The molecule has 1 unspecified atom stereocenters. The van der Waals surface area contributed by atoms with Crippen LogP contribution in [0, 0.1) is 0 Å². The van der Waals surface area contributed by atoms with E-state index in [2.05, 4.69) is 46.5 Å². The molecule has 3 nitrogen and oxygen atoms in total. The fourth-order valence-corrected chi connectivity index (χ4v) is 1.81. The zero-order valence-corrected chi connectivity index (χ0v) is 10.0. The van der Waals surface area contributed by atoms with E-state index in [0.717, 1.165) is 18.5 Å². The summed E-state index contributed by atoms with van der Waals surface area (Å²) in [5, 5.41) is 3.45. The van der Waals surface area contributed by atoms with Crippen molar-refractivity contribution in [3.05, 3.63) is 54.6 Å². The molecule has 0 bridgehead atoms. The number of nitrogens with one attached hydrogen (secondary N) is 1. The lowest BCUT2D eigenvalue weighted by molar-refractivity contribution is 0.689. The molecule has 1 atom stereocenters. The van der Waals surface area contributed by atoms with Crippen molar-refractivity contribution in [2.24, 2.45) is 0 Å². The Hall–Kier alpha value is -1.90. The largest absolute Gasteiger partial charge is 0.379 e. The van der Waals surface area contributed by atoms with E-state index in [1.807, 2.05) is 6.07 Å². The van der Waals surface area contributed by atoms with Gasteiger partial charge in [-0.3, -0.25) is 0 Å². The number of hydrogen-bond donors (Lipinski definition) is 1. The molecular formula is C14H17N3. The van der Waals surface area contributed by atoms with Crippen molar-refractivity contribution in [3.63, 3.8) is 0 Å². The van der Waals surface area contributed by atoms with Crippen molar-refractivity contribution in [2.45, 2.75) is 25.8 Å². The average molecular weight is 227 g/mol. The molecule has 0 fully saturated rings. The Labute approximate surface area is 102 Å². The molecule has 0 aliphatic carbocycles. The summed E-state index contributed by atoms with van der Waals surface area (Å²) in [6.45, 7) is 2.18. The van der Waals surface area contributed by atoms with Crippen LogP contribution in [0.15, 0.2) is 49.1 Å². The highest BCUT2D eigenvalue weighted by atomic mass is 15.0. The van der Waals surface area contributed by atoms with Gasteiger partial charge in [0.05, 0.1) is 18.1 Å². The highest BCUT2D eigenvalue weighted by Gasteiger charge is 2.07. The molecule has 88 valence electrons. The first-order valence-corrected chi connectivity index (χ1v) is 5.94. The third-order valence-corrected chi connectivity index (χ3v) is 2.75. The molecule has 2 aromatic rings. The van der Waals surface area contributed by atoms with Crippen molar-refractivity contribution in [2.75, 3.05) is 5.32 Å². The summed E-state index contributed by atoms with van der Waals surface area (Å²) >= 11 is 0. The smallest absolute Gasteiger partial charge is 0.115 e. The second-order valence-electron chi connectivity index (χ2n) is 4.07. The summed E-state index contributed by atoms with van der Waals surface area (Å²) in [6.07, 6.45) is 7.25. The van der Waals surface area contributed by atoms with E-state index >= 15 is 0 Å². The summed E-state index contributed by atoms with van der Waals surface area (Å²) in [7, 11) is 0. The second-order valence-corrected chi connectivity index (χ2v) is 4.07. The molecule has 1 N–H and O–H groups in total. The Morgan fingerprint density at radius 2 is 1.82 bits per heavy atom. The van der Waals surface area contributed by atoms with Gasteiger partial charge in [-0.05, 0) is 18.4 Å². The predicted octanol–water partition coefficient (Wildman–Crippen LogP) is 2.91. The highest BCUT2D eigenvalue weighted by molar-refractivity contribution is 5.38. The van der Waals surface area contributed by atoms with Crippen LogP contribution in [-0.2, 0) is 6.42 Å². The number of anilines is 1. The van der Waals surface area contributed by atoms with Crippen molar-refractivity contribution in [1.82, 2.24) is 9.97 Å². The fraction of sp³-hybridized carbons (Fsp3) is 0.286. The van der Waals surface area contributed by atoms with Gasteiger partial charge in [0.15, 0.2) is 0 Å². The van der Waals surface area contributed by atoms with E-state index in [-0.39, 0.29) is 0 Å². The van der Waals surface area contributed by atoms with Gasteiger partial charge < -0.3 is 5.32 Å². The molecule has 0 aliphatic heterocycles. The van der Waals surface area contributed by atoms with E-state index < -0.39 is 0 Å². The first kappa shape index (κ1) is 11.6. The van der Waals surface area contributed by atoms with Gasteiger partial charge in [0.25, 0.3) is 0 Å². The van der Waals surface area contributed by atoms with Crippen LogP contribution in [0.2, 0.25) is 0 Å². The quantitative estimate of drug-likeness (QED) is 0.853. The number of rotatable bonds is 5. The normalized spacial score (nSPS) is 12.1. The van der Waals surface area contributed by atoms with Crippen LogP contribution in [0.25, 0.3) is 0 Å². The monoisotopic (exact) mass is 227 g/mol. The van der Waals surface area contributed by atoms with Crippen LogP contribution < -0.4 is 5.32 Å². The van der Waals surface area contributed by atoms with Crippen LogP contribution in [0.4, 0.5) is 5.69 Å². The maximum absolute atomic E-state index is 4.01. The van der Waals surface area contributed by atoms with Gasteiger partial charge in [-0.2, -0.15) is 0 Å². The zero-order chi connectivity index (χ0) is 11.9. The molecule has 0 radical (unpaired) electrons. The lowest BCUT2D eigenvalue weighted by Crippen LogP contribution is -2.21. The summed E-state index contributed by atoms with van der Waals surface area (Å²) in [4.78, 5) is 8.01. The van der Waals surface area contributed by atoms with Gasteiger partial charge in [0, 0.05) is 6.04 Å². The predicted molar refractivity (Wildman–Crippen MR) is 69.9 cm³/mol. The number of hydrogen-bond acceptors (Lipinski definition) is 3. The van der Waals surface area contributed by atoms with Crippen molar-refractivity contribution >= 4 is 5.69 Å². The Balaban J connectivity index is 1.98. The Morgan fingerprint density at radius 3 is 2.47 bits per heavy atom. The van der Waals surface area contributed by atoms with E-state index in [9.17, 15) is 0 Å². The van der Waals surface area contributed by atoms with Gasteiger partial charge >= 0.3 is 0 Å². The summed E-state index contributed by atoms with van der Waals surface area (Å²) in [5.41, 5.74) is 2.33. The zero-order valence-electron chi connectivity index (χ0n) is 10.0. The standard InChI is InChI=1S/C14H17N3/c1-2-13(8-12-6-4-3-5-7-12)17-14-9-15-11-16-10-14/h3-7,9-11,13,17H,2,8H2,1H3. The molecule has 0 spiro atoms. The van der Waals surface area contributed by atoms with Crippen LogP contribution in [-0.4, -0.2) is 16.0 Å². The molecule has 3 heteroatoms. The van der Waals surface area contributed by atoms with Gasteiger partial charge in [-0.1, -0.05) is 37.3 Å². The maximum atomic E-state index is 4.01. The molecule has 2 rings (SSSR count). The third-order valence-electron chi connectivity index (χ3n) is 2.75. The average Bonchev–Trinajstić information content (AvgIpc) is 2.40. The molecule has 1 aromatic heterocycles. The minimum atomic E-state index is 0.420. The third kappa shape index (κ3) is 3.55. The highest BCUT2D eigenvalue weighted by Crippen LogP contribution is 2.11. The van der Waals surface area contributed by atoms with Crippen LogP contribution >= 0.6 is 0 Å².